The van der Waals surface area contributed by atoms with Crippen molar-refractivity contribution in [2.24, 2.45) is 0 Å². The van der Waals surface area contributed by atoms with E-state index in [1.54, 1.807) is 77.0 Å². The maximum Gasteiger partial charge on any atom is 0.379 e. The molecule has 0 saturated heterocycles. The summed E-state index contributed by atoms with van der Waals surface area (Å²) in [4.78, 5) is 0. The standard InChI is InChI=1S/C15H27P.CHF3/c1-2-8-13(7-1)16(14-9-3-4-10-14)15-11-5-6-12-15;2-1(3)4/h13-15H,1-12H2;1H. The monoisotopic (exact) mass is 308 g/mol. The molecular formula is C16H28F3P. The second-order valence-electron chi connectivity index (χ2n) is 6.51. The van der Waals surface area contributed by atoms with Gasteiger partial charge in [-0.15, -0.1) is 0 Å². The molecule has 0 nitrogen and oxygen atoms in total. The molecule has 0 N–H and O–H groups in total. The van der Waals surface area contributed by atoms with Crippen LogP contribution in [0.4, 0.5) is 13.2 Å². The van der Waals surface area contributed by atoms with Crippen molar-refractivity contribution in [3.05, 3.63) is 0 Å². The second-order valence-corrected chi connectivity index (χ2v) is 9.59. The van der Waals surface area contributed by atoms with Crippen LogP contribution in [0.5, 0.6) is 0 Å². The average Bonchev–Trinajstić information content (AvgIpc) is 3.13. The van der Waals surface area contributed by atoms with Crippen molar-refractivity contribution in [3.8, 4) is 0 Å². The van der Waals surface area contributed by atoms with E-state index in [2.05, 4.69) is 0 Å². The Morgan fingerprint density at radius 2 is 0.750 bits per heavy atom. The third kappa shape index (κ3) is 4.90. The fourth-order valence-electron chi connectivity index (χ4n) is 4.50. The van der Waals surface area contributed by atoms with Crippen LogP contribution in [0.3, 0.4) is 0 Å². The van der Waals surface area contributed by atoms with Crippen LogP contribution in [0, 0.1) is 0 Å². The fourth-order valence-corrected chi connectivity index (χ4v) is 9.17. The van der Waals surface area contributed by atoms with Crippen molar-refractivity contribution in [3.63, 3.8) is 0 Å². The van der Waals surface area contributed by atoms with Crippen LogP contribution in [0.25, 0.3) is 0 Å². The molecule has 3 aliphatic rings. The highest BCUT2D eigenvalue weighted by Crippen LogP contribution is 2.63. The Labute approximate surface area is 122 Å². The lowest BCUT2D eigenvalue weighted by Crippen LogP contribution is -2.18. The molecule has 0 spiro atoms. The van der Waals surface area contributed by atoms with E-state index in [0.29, 0.717) is 7.92 Å². The predicted molar refractivity (Wildman–Crippen MR) is 80.8 cm³/mol. The molecule has 0 heterocycles. The molecule has 0 amide bonds. The number of halogens is 3. The maximum absolute atomic E-state index is 9.67. The van der Waals surface area contributed by atoms with Crippen molar-refractivity contribution >= 4 is 7.92 Å². The van der Waals surface area contributed by atoms with Gasteiger partial charge in [0.05, 0.1) is 0 Å². The van der Waals surface area contributed by atoms with Crippen molar-refractivity contribution in [2.75, 3.05) is 0 Å². The van der Waals surface area contributed by atoms with Gasteiger partial charge in [0.2, 0.25) is 0 Å². The topological polar surface area (TPSA) is 0 Å². The van der Waals surface area contributed by atoms with E-state index in [-0.39, 0.29) is 0 Å². The number of rotatable bonds is 3. The first-order valence-corrected chi connectivity index (χ1v) is 9.93. The molecule has 20 heavy (non-hydrogen) atoms. The highest BCUT2D eigenvalue weighted by molar-refractivity contribution is 7.60. The van der Waals surface area contributed by atoms with Gasteiger partial charge in [0.1, 0.15) is 0 Å². The van der Waals surface area contributed by atoms with Crippen molar-refractivity contribution in [1.82, 2.24) is 0 Å². The Kier molecular flexibility index (Phi) is 7.14. The summed E-state index contributed by atoms with van der Waals surface area (Å²) in [6.45, 7) is -3.67. The summed E-state index contributed by atoms with van der Waals surface area (Å²) >= 11 is 0. The second kappa shape index (κ2) is 8.61. The molecule has 3 fully saturated rings. The molecule has 0 atom stereocenters. The van der Waals surface area contributed by atoms with E-state index in [0.717, 1.165) is 0 Å². The largest absolute Gasteiger partial charge is 0.379 e. The summed E-state index contributed by atoms with van der Waals surface area (Å²) in [5.41, 5.74) is 3.63. The van der Waals surface area contributed by atoms with E-state index in [9.17, 15) is 13.2 Å². The van der Waals surface area contributed by atoms with Gasteiger partial charge in [-0.1, -0.05) is 46.4 Å². The van der Waals surface area contributed by atoms with Gasteiger partial charge in [-0.05, 0) is 55.5 Å². The van der Waals surface area contributed by atoms with E-state index in [1.165, 1.54) is 17.0 Å². The minimum atomic E-state index is -3.67. The molecule has 3 rings (SSSR count). The SMILES string of the molecule is C1CCC(P(C2CCCC2)C2CCCC2)C1.FC(F)F. The summed E-state index contributed by atoms with van der Waals surface area (Å²) in [6.07, 6.45) is 19.0. The van der Waals surface area contributed by atoms with Crippen molar-refractivity contribution in [2.45, 2.75) is 101 Å². The van der Waals surface area contributed by atoms with Crippen LogP contribution in [-0.2, 0) is 0 Å². The Morgan fingerprint density at radius 3 is 0.950 bits per heavy atom. The molecule has 0 radical (unpaired) electrons. The molecule has 0 aromatic rings. The van der Waals surface area contributed by atoms with Crippen LogP contribution >= 0.6 is 7.92 Å². The first kappa shape index (κ1) is 16.6. The molecule has 0 unspecified atom stereocenters. The molecule has 4 heteroatoms. The molecule has 3 saturated carbocycles. The van der Waals surface area contributed by atoms with Crippen molar-refractivity contribution < 1.29 is 13.2 Å². The van der Waals surface area contributed by atoms with Gasteiger partial charge >= 0.3 is 6.68 Å². The smallest absolute Gasteiger partial charge is 0.174 e. The van der Waals surface area contributed by atoms with Gasteiger partial charge in [-0.3, -0.25) is 0 Å². The lowest BCUT2D eigenvalue weighted by Gasteiger charge is -2.35. The zero-order valence-electron chi connectivity index (χ0n) is 12.4. The Bertz CT molecular complexity index is 214. The zero-order valence-corrected chi connectivity index (χ0v) is 13.3. The van der Waals surface area contributed by atoms with Gasteiger partial charge < -0.3 is 0 Å². The van der Waals surface area contributed by atoms with Gasteiger partial charge in [0.25, 0.3) is 0 Å². The number of hydrogen-bond acceptors (Lipinski definition) is 0. The Hall–Kier alpha value is 0.220. The molecule has 0 aromatic heterocycles. The van der Waals surface area contributed by atoms with Crippen LogP contribution in [-0.4, -0.2) is 23.7 Å². The number of hydrogen-bond donors (Lipinski definition) is 0. The van der Waals surface area contributed by atoms with E-state index >= 15 is 0 Å². The molecule has 0 aromatic carbocycles. The summed E-state index contributed by atoms with van der Waals surface area (Å²) in [5, 5.41) is 0. The van der Waals surface area contributed by atoms with Gasteiger partial charge in [-0.2, -0.15) is 13.2 Å². The third-order valence-corrected chi connectivity index (χ3v) is 9.32. The number of alkyl halides is 3. The summed E-state index contributed by atoms with van der Waals surface area (Å²) in [7, 11) is 0.436. The summed E-state index contributed by atoms with van der Waals surface area (Å²) < 4.78 is 29.0. The molecule has 0 aliphatic heterocycles. The van der Waals surface area contributed by atoms with E-state index < -0.39 is 6.68 Å². The lowest BCUT2D eigenvalue weighted by atomic mass is 10.3. The van der Waals surface area contributed by atoms with Crippen LogP contribution < -0.4 is 0 Å². The lowest BCUT2D eigenvalue weighted by molar-refractivity contribution is 0.00819. The summed E-state index contributed by atoms with van der Waals surface area (Å²) in [5.74, 6) is 0. The Morgan fingerprint density at radius 1 is 0.550 bits per heavy atom. The van der Waals surface area contributed by atoms with Gasteiger partial charge in [0, 0.05) is 0 Å². The highest BCUT2D eigenvalue weighted by Gasteiger charge is 2.38. The zero-order chi connectivity index (χ0) is 14.4. The minimum Gasteiger partial charge on any atom is -0.174 e. The van der Waals surface area contributed by atoms with Crippen molar-refractivity contribution in [1.29, 1.82) is 0 Å². The average molecular weight is 308 g/mol. The molecular weight excluding hydrogens is 280 g/mol. The van der Waals surface area contributed by atoms with Gasteiger partial charge in [-0.25, -0.2) is 0 Å². The van der Waals surface area contributed by atoms with Crippen LogP contribution in [0.2, 0.25) is 0 Å². The normalized spacial score (nSPS) is 25.6. The fraction of sp³-hybridized carbons (Fsp3) is 1.00. The predicted octanol–water partition coefficient (Wildman–Crippen LogP) is 6.47. The highest BCUT2D eigenvalue weighted by atomic mass is 31.1. The minimum absolute atomic E-state index is 0.436. The maximum atomic E-state index is 9.67. The van der Waals surface area contributed by atoms with Crippen LogP contribution in [0.15, 0.2) is 0 Å². The van der Waals surface area contributed by atoms with Crippen LogP contribution in [0.1, 0.15) is 77.0 Å². The first-order chi connectivity index (χ1) is 9.68. The van der Waals surface area contributed by atoms with E-state index in [1.807, 2.05) is 0 Å². The molecule has 0 bridgehead atoms. The quantitative estimate of drug-likeness (QED) is 0.524. The van der Waals surface area contributed by atoms with E-state index in [4.69, 9.17) is 0 Å². The van der Waals surface area contributed by atoms with Gasteiger partial charge in [0.15, 0.2) is 0 Å². The third-order valence-electron chi connectivity index (χ3n) is 5.24. The first-order valence-electron chi connectivity index (χ1n) is 8.38. The molecule has 3 aliphatic carbocycles. The summed E-state index contributed by atoms with van der Waals surface area (Å²) in [6, 6.07) is 0. The Balaban J connectivity index is 0.000000328. The molecule has 118 valence electrons.